The zero-order valence-electron chi connectivity index (χ0n) is 14.1. The molecule has 0 saturated heterocycles. The van der Waals surface area contributed by atoms with Crippen LogP contribution in [0, 0.1) is 0 Å². The van der Waals surface area contributed by atoms with Gasteiger partial charge in [0.05, 0.1) is 25.9 Å². The Morgan fingerprint density at radius 1 is 1.05 bits per heavy atom. The SMILES string of the molecule is CCCOc1ccccc1C(CN)N(CCOC)CCOC. The first-order chi connectivity index (χ1) is 10.8. The summed E-state index contributed by atoms with van der Waals surface area (Å²) < 4.78 is 16.3. The molecule has 0 saturated carbocycles. The number of para-hydroxylation sites is 1. The Bertz CT molecular complexity index is 393. The van der Waals surface area contributed by atoms with E-state index in [2.05, 4.69) is 17.9 Å². The molecule has 5 nitrogen and oxygen atoms in total. The molecule has 0 aromatic heterocycles. The van der Waals surface area contributed by atoms with Crippen molar-refractivity contribution in [2.45, 2.75) is 19.4 Å². The lowest BCUT2D eigenvalue weighted by atomic mass is 10.0. The van der Waals surface area contributed by atoms with Gasteiger partial charge in [0.25, 0.3) is 0 Å². The molecule has 0 aliphatic carbocycles. The van der Waals surface area contributed by atoms with Crippen molar-refractivity contribution >= 4 is 0 Å². The number of rotatable bonds is 12. The molecular formula is C17H30N2O3. The highest BCUT2D eigenvalue weighted by molar-refractivity contribution is 5.36. The minimum absolute atomic E-state index is 0.0957. The monoisotopic (exact) mass is 310 g/mol. The van der Waals surface area contributed by atoms with Gasteiger partial charge >= 0.3 is 0 Å². The number of methoxy groups -OCH3 is 2. The van der Waals surface area contributed by atoms with Crippen LogP contribution in [-0.4, -0.2) is 58.6 Å². The van der Waals surface area contributed by atoms with Gasteiger partial charge < -0.3 is 19.9 Å². The standard InChI is InChI=1S/C17H30N2O3/c1-4-11-22-17-8-6-5-7-15(17)16(14-18)19(9-12-20-2)10-13-21-3/h5-8,16H,4,9-14,18H2,1-3H3. The van der Waals surface area contributed by atoms with E-state index in [-0.39, 0.29) is 6.04 Å². The van der Waals surface area contributed by atoms with E-state index in [1.165, 1.54) is 0 Å². The average molecular weight is 310 g/mol. The van der Waals surface area contributed by atoms with Crippen molar-refractivity contribution in [3.8, 4) is 5.75 Å². The molecule has 2 N–H and O–H groups in total. The minimum Gasteiger partial charge on any atom is -0.493 e. The summed E-state index contributed by atoms with van der Waals surface area (Å²) in [7, 11) is 3.43. The van der Waals surface area contributed by atoms with Crippen LogP contribution in [0.1, 0.15) is 24.9 Å². The summed E-state index contributed by atoms with van der Waals surface area (Å²) in [6.07, 6.45) is 0.985. The second-order valence-corrected chi connectivity index (χ2v) is 5.16. The summed E-state index contributed by atoms with van der Waals surface area (Å²) in [6.45, 7) is 6.29. The van der Waals surface area contributed by atoms with Crippen LogP contribution in [0.3, 0.4) is 0 Å². The van der Waals surface area contributed by atoms with Gasteiger partial charge in [-0.25, -0.2) is 0 Å². The molecule has 0 spiro atoms. The highest BCUT2D eigenvalue weighted by Crippen LogP contribution is 2.28. The Balaban J connectivity index is 2.93. The normalized spacial score (nSPS) is 12.6. The lowest BCUT2D eigenvalue weighted by Crippen LogP contribution is -2.38. The third kappa shape index (κ3) is 5.93. The Hall–Kier alpha value is -1.14. The third-order valence-corrected chi connectivity index (χ3v) is 3.57. The smallest absolute Gasteiger partial charge is 0.124 e. The van der Waals surface area contributed by atoms with Crippen LogP contribution in [0.25, 0.3) is 0 Å². The Morgan fingerprint density at radius 2 is 1.68 bits per heavy atom. The number of ether oxygens (including phenoxy) is 3. The molecule has 22 heavy (non-hydrogen) atoms. The second kappa shape index (κ2) is 11.4. The quantitative estimate of drug-likeness (QED) is 0.640. The Labute approximate surface area is 134 Å². The minimum atomic E-state index is 0.0957. The molecule has 0 radical (unpaired) electrons. The van der Waals surface area contributed by atoms with Gasteiger partial charge in [0.1, 0.15) is 5.75 Å². The molecule has 1 aromatic rings. The van der Waals surface area contributed by atoms with Crippen molar-refractivity contribution in [1.82, 2.24) is 4.90 Å². The van der Waals surface area contributed by atoms with Gasteiger partial charge in [-0.2, -0.15) is 0 Å². The summed E-state index contributed by atoms with van der Waals surface area (Å²) in [6, 6.07) is 8.23. The molecular weight excluding hydrogens is 280 g/mol. The molecule has 0 fully saturated rings. The van der Waals surface area contributed by atoms with Gasteiger partial charge in [0.2, 0.25) is 0 Å². The number of hydrogen-bond acceptors (Lipinski definition) is 5. The molecule has 126 valence electrons. The van der Waals surface area contributed by atoms with E-state index < -0.39 is 0 Å². The maximum absolute atomic E-state index is 6.07. The van der Waals surface area contributed by atoms with Crippen LogP contribution in [-0.2, 0) is 9.47 Å². The van der Waals surface area contributed by atoms with Crippen LogP contribution in [0.2, 0.25) is 0 Å². The molecule has 0 aliphatic heterocycles. The van der Waals surface area contributed by atoms with Crippen molar-refractivity contribution in [1.29, 1.82) is 0 Å². The van der Waals surface area contributed by atoms with E-state index in [9.17, 15) is 0 Å². The number of nitrogens with two attached hydrogens (primary N) is 1. The molecule has 1 unspecified atom stereocenters. The van der Waals surface area contributed by atoms with Gasteiger partial charge in [-0.3, -0.25) is 4.90 Å². The van der Waals surface area contributed by atoms with Crippen LogP contribution in [0.4, 0.5) is 0 Å². The lowest BCUT2D eigenvalue weighted by molar-refractivity contribution is 0.0880. The van der Waals surface area contributed by atoms with Gasteiger partial charge in [-0.15, -0.1) is 0 Å². The van der Waals surface area contributed by atoms with Crippen LogP contribution in [0.5, 0.6) is 5.75 Å². The summed E-state index contributed by atoms with van der Waals surface area (Å²) in [5.74, 6) is 0.916. The molecule has 1 atom stereocenters. The molecule has 1 aromatic carbocycles. The predicted molar refractivity (Wildman–Crippen MR) is 89.3 cm³/mol. The van der Waals surface area contributed by atoms with Crippen LogP contribution < -0.4 is 10.5 Å². The van der Waals surface area contributed by atoms with E-state index in [4.69, 9.17) is 19.9 Å². The van der Waals surface area contributed by atoms with E-state index in [1.807, 2.05) is 18.2 Å². The fraction of sp³-hybridized carbons (Fsp3) is 0.647. The number of nitrogens with zero attached hydrogens (tertiary/aromatic N) is 1. The first kappa shape index (κ1) is 18.9. The maximum atomic E-state index is 6.07. The molecule has 0 aliphatic rings. The summed E-state index contributed by atoms with van der Waals surface area (Å²) >= 11 is 0. The van der Waals surface area contributed by atoms with Crippen molar-refractivity contribution in [3.05, 3.63) is 29.8 Å². The maximum Gasteiger partial charge on any atom is 0.124 e. The summed E-state index contributed by atoms with van der Waals surface area (Å²) in [4.78, 5) is 2.29. The molecule has 5 heteroatoms. The first-order valence-corrected chi connectivity index (χ1v) is 7.92. The second-order valence-electron chi connectivity index (χ2n) is 5.16. The number of hydrogen-bond donors (Lipinski definition) is 1. The third-order valence-electron chi connectivity index (χ3n) is 3.57. The van der Waals surface area contributed by atoms with Crippen molar-refractivity contribution in [2.75, 3.05) is 53.7 Å². The topological polar surface area (TPSA) is 57.0 Å². The van der Waals surface area contributed by atoms with E-state index in [1.54, 1.807) is 14.2 Å². The fourth-order valence-electron chi connectivity index (χ4n) is 2.41. The van der Waals surface area contributed by atoms with E-state index >= 15 is 0 Å². The number of benzene rings is 1. The largest absolute Gasteiger partial charge is 0.493 e. The summed E-state index contributed by atoms with van der Waals surface area (Å²) in [5.41, 5.74) is 7.20. The van der Waals surface area contributed by atoms with Crippen molar-refractivity contribution < 1.29 is 14.2 Å². The molecule has 1 rings (SSSR count). The van der Waals surface area contributed by atoms with Crippen molar-refractivity contribution in [3.63, 3.8) is 0 Å². The molecule has 0 bridgehead atoms. The van der Waals surface area contributed by atoms with E-state index in [0.29, 0.717) is 26.4 Å². The van der Waals surface area contributed by atoms with Crippen LogP contribution >= 0.6 is 0 Å². The zero-order valence-corrected chi connectivity index (χ0v) is 14.1. The molecule has 0 amide bonds. The highest BCUT2D eigenvalue weighted by atomic mass is 16.5. The van der Waals surface area contributed by atoms with Gasteiger partial charge in [0.15, 0.2) is 0 Å². The summed E-state index contributed by atoms with van der Waals surface area (Å²) in [5, 5.41) is 0. The van der Waals surface area contributed by atoms with Gasteiger partial charge in [-0.05, 0) is 12.5 Å². The van der Waals surface area contributed by atoms with Gasteiger partial charge in [-0.1, -0.05) is 25.1 Å². The van der Waals surface area contributed by atoms with Crippen molar-refractivity contribution in [2.24, 2.45) is 5.73 Å². The van der Waals surface area contributed by atoms with Crippen LogP contribution in [0.15, 0.2) is 24.3 Å². The Morgan fingerprint density at radius 3 is 2.23 bits per heavy atom. The average Bonchev–Trinajstić information content (AvgIpc) is 2.56. The predicted octanol–water partition coefficient (Wildman–Crippen LogP) is 2.07. The molecule has 0 heterocycles. The Kier molecular flexibility index (Phi) is 9.82. The fourth-order valence-corrected chi connectivity index (χ4v) is 2.41. The van der Waals surface area contributed by atoms with Gasteiger partial charge in [0, 0.05) is 39.4 Å². The lowest BCUT2D eigenvalue weighted by Gasteiger charge is -2.31. The highest BCUT2D eigenvalue weighted by Gasteiger charge is 2.21. The van der Waals surface area contributed by atoms with E-state index in [0.717, 1.165) is 30.8 Å². The first-order valence-electron chi connectivity index (χ1n) is 7.92. The zero-order chi connectivity index (χ0) is 16.2.